The van der Waals surface area contributed by atoms with E-state index in [1.807, 2.05) is 12.1 Å². The van der Waals surface area contributed by atoms with E-state index >= 15 is 0 Å². The van der Waals surface area contributed by atoms with Crippen LogP contribution in [0.5, 0.6) is 0 Å². The number of hydrogen-bond donors (Lipinski definition) is 2. The summed E-state index contributed by atoms with van der Waals surface area (Å²) in [6.45, 7) is 5.26. The normalized spacial score (nSPS) is 20.9. The number of nitrogens with zero attached hydrogens (tertiary/aromatic N) is 4. The Morgan fingerprint density at radius 1 is 1.03 bits per heavy atom. The van der Waals surface area contributed by atoms with Crippen molar-refractivity contribution >= 4 is 23.4 Å². The van der Waals surface area contributed by atoms with Crippen molar-refractivity contribution in [3.8, 4) is 11.4 Å². The van der Waals surface area contributed by atoms with E-state index in [-0.39, 0.29) is 0 Å². The second-order valence-corrected chi connectivity index (χ2v) is 7.41. The number of benzene rings is 1. The molecule has 1 aromatic carbocycles. The topological polar surface area (TPSA) is 100 Å². The van der Waals surface area contributed by atoms with E-state index in [4.69, 9.17) is 24.5 Å². The molecule has 2 aromatic rings. The van der Waals surface area contributed by atoms with Gasteiger partial charge in [0, 0.05) is 42.9 Å². The Bertz CT molecular complexity index is 914. The van der Waals surface area contributed by atoms with E-state index in [2.05, 4.69) is 15.1 Å². The van der Waals surface area contributed by atoms with Crippen molar-refractivity contribution in [3.63, 3.8) is 0 Å². The van der Waals surface area contributed by atoms with E-state index < -0.39 is 6.09 Å². The van der Waals surface area contributed by atoms with Crippen LogP contribution in [0.25, 0.3) is 11.4 Å². The Morgan fingerprint density at radius 3 is 2.52 bits per heavy atom. The lowest BCUT2D eigenvalue weighted by molar-refractivity contribution is 0.0973. The van der Waals surface area contributed by atoms with Gasteiger partial charge in [-0.25, -0.2) is 14.8 Å². The number of amides is 1. The standard InChI is InChI=1S/C20H23N5O4/c26-20(27)21-14-3-1-13(2-4-14)17-22-18(24-5-8-28-9-6-24)16-11-15-12-29-10-7-25(15)19(16)23-17/h1-4,15,21H,5-12H2,(H,26,27)/t15-/m0/s1. The smallest absolute Gasteiger partial charge is 0.409 e. The number of hydrogen-bond acceptors (Lipinski definition) is 7. The maximum absolute atomic E-state index is 10.8. The fourth-order valence-corrected chi connectivity index (χ4v) is 4.21. The van der Waals surface area contributed by atoms with Crippen LogP contribution in [0.4, 0.5) is 22.1 Å². The number of carboxylic acid groups (broad SMARTS) is 1. The molecular weight excluding hydrogens is 374 g/mol. The molecule has 0 aliphatic carbocycles. The molecule has 2 saturated heterocycles. The van der Waals surface area contributed by atoms with Crippen molar-refractivity contribution in [2.75, 3.05) is 61.2 Å². The van der Waals surface area contributed by atoms with E-state index in [1.54, 1.807) is 12.1 Å². The van der Waals surface area contributed by atoms with E-state index in [9.17, 15) is 4.79 Å². The molecule has 0 unspecified atom stereocenters. The van der Waals surface area contributed by atoms with Gasteiger partial charge in [-0.15, -0.1) is 0 Å². The first kappa shape index (κ1) is 18.1. The zero-order valence-corrected chi connectivity index (χ0v) is 16.0. The number of anilines is 3. The van der Waals surface area contributed by atoms with Gasteiger partial charge in [-0.05, 0) is 24.3 Å². The predicted octanol–water partition coefficient (Wildman–Crippen LogP) is 1.83. The number of ether oxygens (including phenoxy) is 2. The average Bonchev–Trinajstić information content (AvgIpc) is 3.12. The molecule has 5 rings (SSSR count). The van der Waals surface area contributed by atoms with Crippen LogP contribution in [0, 0.1) is 0 Å². The Labute approximate surface area is 168 Å². The summed E-state index contributed by atoms with van der Waals surface area (Å²) >= 11 is 0. The highest BCUT2D eigenvalue weighted by molar-refractivity contribution is 5.83. The van der Waals surface area contributed by atoms with Crippen molar-refractivity contribution < 1.29 is 19.4 Å². The highest BCUT2D eigenvalue weighted by Crippen LogP contribution is 2.39. The first-order valence-corrected chi connectivity index (χ1v) is 9.87. The van der Waals surface area contributed by atoms with Crippen molar-refractivity contribution in [2.45, 2.75) is 12.5 Å². The fraction of sp³-hybridized carbons (Fsp3) is 0.450. The van der Waals surface area contributed by atoms with Gasteiger partial charge in [-0.1, -0.05) is 0 Å². The number of nitrogens with one attached hydrogen (secondary N) is 1. The van der Waals surface area contributed by atoms with Crippen LogP contribution in [0.2, 0.25) is 0 Å². The molecule has 1 aromatic heterocycles. The van der Waals surface area contributed by atoms with Gasteiger partial charge in [0.25, 0.3) is 0 Å². The van der Waals surface area contributed by atoms with E-state index in [0.29, 0.717) is 44.0 Å². The highest BCUT2D eigenvalue weighted by atomic mass is 16.5. The summed E-state index contributed by atoms with van der Waals surface area (Å²) in [4.78, 5) is 25.3. The molecule has 2 N–H and O–H groups in total. The molecule has 9 nitrogen and oxygen atoms in total. The van der Waals surface area contributed by atoms with Crippen LogP contribution in [0.3, 0.4) is 0 Å². The SMILES string of the molecule is O=C(O)Nc1ccc(-c2nc(N3CCOCC3)c3c(n2)N2CCOC[C@@H]2C3)cc1. The van der Waals surface area contributed by atoms with Crippen molar-refractivity contribution in [1.82, 2.24) is 9.97 Å². The van der Waals surface area contributed by atoms with Crippen LogP contribution in [-0.4, -0.2) is 73.3 Å². The van der Waals surface area contributed by atoms with Crippen molar-refractivity contribution in [1.29, 1.82) is 0 Å². The Morgan fingerprint density at radius 2 is 1.76 bits per heavy atom. The summed E-state index contributed by atoms with van der Waals surface area (Å²) in [6.07, 6.45) is -0.191. The molecule has 3 aliphatic rings. The number of rotatable bonds is 3. The largest absolute Gasteiger partial charge is 0.465 e. The van der Waals surface area contributed by atoms with Crippen molar-refractivity contribution in [2.24, 2.45) is 0 Å². The predicted molar refractivity (Wildman–Crippen MR) is 108 cm³/mol. The third-order valence-corrected chi connectivity index (χ3v) is 5.61. The second-order valence-electron chi connectivity index (χ2n) is 7.41. The lowest BCUT2D eigenvalue weighted by atomic mass is 10.1. The average molecular weight is 397 g/mol. The second kappa shape index (κ2) is 7.49. The molecule has 1 atom stereocenters. The van der Waals surface area contributed by atoms with Gasteiger partial charge >= 0.3 is 6.09 Å². The van der Waals surface area contributed by atoms with Gasteiger partial charge in [0.2, 0.25) is 0 Å². The van der Waals surface area contributed by atoms with E-state index in [0.717, 1.165) is 43.3 Å². The van der Waals surface area contributed by atoms with E-state index in [1.165, 1.54) is 5.56 Å². The summed E-state index contributed by atoms with van der Waals surface area (Å²) in [6, 6.07) is 7.46. The molecule has 2 fully saturated rings. The first-order chi connectivity index (χ1) is 14.2. The minimum absolute atomic E-state index is 0.310. The molecule has 1 amide bonds. The number of carbonyl (C=O) groups is 1. The Kier molecular flexibility index (Phi) is 4.69. The van der Waals surface area contributed by atoms with Gasteiger partial charge in [-0.3, -0.25) is 5.32 Å². The molecule has 29 heavy (non-hydrogen) atoms. The monoisotopic (exact) mass is 397 g/mol. The van der Waals surface area contributed by atoms with Gasteiger partial charge in [0.15, 0.2) is 5.82 Å². The lowest BCUT2D eigenvalue weighted by Crippen LogP contribution is -2.43. The zero-order chi connectivity index (χ0) is 19.8. The third-order valence-electron chi connectivity index (χ3n) is 5.61. The molecule has 3 aliphatic heterocycles. The first-order valence-electron chi connectivity index (χ1n) is 9.87. The van der Waals surface area contributed by atoms with Crippen molar-refractivity contribution in [3.05, 3.63) is 29.8 Å². The van der Waals surface area contributed by atoms with Crippen LogP contribution < -0.4 is 15.1 Å². The summed E-state index contributed by atoms with van der Waals surface area (Å²) in [5.41, 5.74) is 2.56. The van der Waals surface area contributed by atoms with Gasteiger partial charge in [0.05, 0.1) is 32.5 Å². The Hall–Kier alpha value is -2.91. The maximum atomic E-state index is 10.8. The zero-order valence-electron chi connectivity index (χ0n) is 16.0. The minimum atomic E-state index is -1.08. The molecule has 4 heterocycles. The number of morpholine rings is 2. The van der Waals surface area contributed by atoms with Gasteiger partial charge in [0.1, 0.15) is 11.6 Å². The maximum Gasteiger partial charge on any atom is 0.409 e. The summed E-state index contributed by atoms with van der Waals surface area (Å²) in [5.74, 6) is 2.63. The van der Waals surface area contributed by atoms with Crippen LogP contribution in [-0.2, 0) is 15.9 Å². The van der Waals surface area contributed by atoms with Crippen LogP contribution in [0.15, 0.2) is 24.3 Å². The number of fused-ring (bicyclic) bond motifs is 3. The molecular formula is C20H23N5O4. The number of aromatic nitrogens is 2. The molecule has 152 valence electrons. The fourth-order valence-electron chi connectivity index (χ4n) is 4.21. The summed E-state index contributed by atoms with van der Waals surface area (Å²) in [5, 5.41) is 11.2. The molecule has 0 radical (unpaired) electrons. The highest BCUT2D eigenvalue weighted by Gasteiger charge is 2.37. The molecule has 0 saturated carbocycles. The third kappa shape index (κ3) is 3.47. The van der Waals surface area contributed by atoms with Gasteiger partial charge in [-0.2, -0.15) is 0 Å². The van der Waals surface area contributed by atoms with Crippen LogP contribution >= 0.6 is 0 Å². The summed E-state index contributed by atoms with van der Waals surface area (Å²) in [7, 11) is 0. The van der Waals surface area contributed by atoms with Crippen LogP contribution in [0.1, 0.15) is 5.56 Å². The molecule has 0 bridgehead atoms. The Balaban J connectivity index is 1.55. The minimum Gasteiger partial charge on any atom is -0.465 e. The molecule has 0 spiro atoms. The quantitative estimate of drug-likeness (QED) is 0.809. The summed E-state index contributed by atoms with van der Waals surface area (Å²) < 4.78 is 11.2. The van der Waals surface area contributed by atoms with Gasteiger partial charge < -0.3 is 24.4 Å². The molecule has 9 heteroatoms. The lowest BCUT2D eigenvalue weighted by Gasteiger charge is -2.31.